The number of ether oxygens (including phenoxy) is 1. The van der Waals surface area contributed by atoms with E-state index in [0.29, 0.717) is 6.07 Å². The molecule has 0 aliphatic carbocycles. The summed E-state index contributed by atoms with van der Waals surface area (Å²) in [5, 5.41) is 0. The Kier molecular flexibility index (Phi) is 5.23. The quantitative estimate of drug-likeness (QED) is 0.622. The molecule has 7 heteroatoms. The molecule has 126 valence electrons. The monoisotopic (exact) mass is 335 g/mol. The van der Waals surface area contributed by atoms with Crippen LogP contribution in [-0.4, -0.2) is 22.4 Å². The van der Waals surface area contributed by atoms with E-state index in [0.717, 1.165) is 22.8 Å². The third-order valence-corrected chi connectivity index (χ3v) is 3.12. The van der Waals surface area contributed by atoms with Gasteiger partial charge in [-0.2, -0.15) is 0 Å². The molecule has 0 saturated carbocycles. The lowest BCUT2D eigenvalue weighted by molar-refractivity contribution is 0.0377. The van der Waals surface area contributed by atoms with Gasteiger partial charge < -0.3 is 9.30 Å². The number of ketones is 1. The van der Waals surface area contributed by atoms with Crippen LogP contribution < -0.4 is 5.56 Å². The fourth-order valence-electron chi connectivity index (χ4n) is 2.00. The lowest BCUT2D eigenvalue weighted by Gasteiger charge is -2.09. The maximum Gasteiger partial charge on any atom is 0.338 e. The number of hydrogen-bond donors (Lipinski definition) is 0. The van der Waals surface area contributed by atoms with Crippen molar-refractivity contribution in [3.63, 3.8) is 0 Å². The van der Waals surface area contributed by atoms with Crippen molar-refractivity contribution >= 4 is 11.8 Å². The third-order valence-electron chi connectivity index (χ3n) is 3.12. The molecule has 1 aromatic heterocycles. The summed E-state index contributed by atoms with van der Waals surface area (Å²) in [6, 6.07) is 4.96. The molecule has 0 atom stereocenters. The summed E-state index contributed by atoms with van der Waals surface area (Å²) in [6.45, 7) is 2.92. The molecule has 0 radical (unpaired) electrons. The summed E-state index contributed by atoms with van der Waals surface area (Å²) in [5.74, 6) is -3.13. The summed E-state index contributed by atoms with van der Waals surface area (Å²) in [7, 11) is 0. The van der Waals surface area contributed by atoms with Crippen molar-refractivity contribution in [3.05, 3.63) is 69.6 Å². The maximum atomic E-state index is 13.6. The molecule has 0 amide bonds. The van der Waals surface area contributed by atoms with Gasteiger partial charge in [0.1, 0.15) is 11.6 Å². The third kappa shape index (κ3) is 4.13. The minimum atomic E-state index is -0.995. The smallest absolute Gasteiger partial charge is 0.338 e. The second-order valence-corrected chi connectivity index (χ2v) is 5.38. The molecule has 24 heavy (non-hydrogen) atoms. The minimum absolute atomic E-state index is 0.0605. The van der Waals surface area contributed by atoms with Crippen molar-refractivity contribution in [1.29, 1.82) is 0 Å². The summed E-state index contributed by atoms with van der Waals surface area (Å²) < 4.78 is 32.4. The van der Waals surface area contributed by atoms with Crippen LogP contribution in [0.4, 0.5) is 8.78 Å². The fraction of sp³-hybridized carbons (Fsp3) is 0.235. The summed E-state index contributed by atoms with van der Waals surface area (Å²) >= 11 is 0. The summed E-state index contributed by atoms with van der Waals surface area (Å²) in [5.41, 5.74) is -0.860. The average molecular weight is 335 g/mol. The highest BCUT2D eigenvalue weighted by Crippen LogP contribution is 2.11. The van der Waals surface area contributed by atoms with E-state index in [4.69, 9.17) is 4.74 Å². The first-order valence-electron chi connectivity index (χ1n) is 7.17. The van der Waals surface area contributed by atoms with Gasteiger partial charge in [-0.15, -0.1) is 0 Å². The Bertz CT molecular complexity index is 843. The SMILES string of the molecule is CC(C)OC(=O)c1ccn(CC(=O)c2ccc(F)cc2F)c(=O)c1. The van der Waals surface area contributed by atoms with Crippen molar-refractivity contribution in [2.24, 2.45) is 0 Å². The first-order chi connectivity index (χ1) is 11.3. The number of halogens is 2. The Labute approximate surface area is 136 Å². The van der Waals surface area contributed by atoms with Crippen LogP contribution in [0.2, 0.25) is 0 Å². The number of pyridine rings is 1. The van der Waals surface area contributed by atoms with Gasteiger partial charge in [0, 0.05) is 18.3 Å². The Morgan fingerprint density at radius 3 is 2.46 bits per heavy atom. The number of carbonyl (C=O) groups excluding carboxylic acids is 2. The van der Waals surface area contributed by atoms with Gasteiger partial charge in [-0.3, -0.25) is 9.59 Å². The van der Waals surface area contributed by atoms with Gasteiger partial charge in [0.2, 0.25) is 0 Å². The number of Topliss-reactive ketones (excluding diaryl/α,β-unsaturated/α-hetero) is 1. The predicted molar refractivity (Wildman–Crippen MR) is 81.9 cm³/mol. The van der Waals surface area contributed by atoms with Crippen LogP contribution in [0.5, 0.6) is 0 Å². The van der Waals surface area contributed by atoms with Gasteiger partial charge in [-0.05, 0) is 32.0 Å². The van der Waals surface area contributed by atoms with E-state index in [1.165, 1.54) is 12.3 Å². The summed E-state index contributed by atoms with van der Waals surface area (Å²) in [4.78, 5) is 35.8. The minimum Gasteiger partial charge on any atom is -0.459 e. The van der Waals surface area contributed by atoms with Crippen molar-refractivity contribution < 1.29 is 23.1 Å². The molecule has 0 N–H and O–H groups in total. The molecule has 0 spiro atoms. The molecule has 5 nitrogen and oxygen atoms in total. The highest BCUT2D eigenvalue weighted by Gasteiger charge is 2.15. The lowest BCUT2D eigenvalue weighted by atomic mass is 10.1. The Balaban J connectivity index is 2.20. The number of aromatic nitrogens is 1. The number of rotatable bonds is 5. The number of carbonyl (C=O) groups is 2. The molecule has 1 aromatic carbocycles. The molecular formula is C17H15F2NO4. The van der Waals surface area contributed by atoms with Gasteiger partial charge in [-0.25, -0.2) is 13.6 Å². The number of hydrogen-bond acceptors (Lipinski definition) is 4. The second-order valence-electron chi connectivity index (χ2n) is 5.38. The summed E-state index contributed by atoms with van der Waals surface area (Å²) in [6.07, 6.45) is 0.918. The van der Waals surface area contributed by atoms with E-state index in [2.05, 4.69) is 0 Å². The standard InChI is InChI=1S/C17H15F2NO4/c1-10(2)24-17(23)11-5-6-20(16(22)7-11)9-15(21)13-4-3-12(18)8-14(13)19/h3-8,10H,9H2,1-2H3. The number of esters is 1. The zero-order chi connectivity index (χ0) is 17.9. The molecule has 0 aliphatic rings. The molecule has 0 bridgehead atoms. The normalized spacial score (nSPS) is 10.7. The van der Waals surface area contributed by atoms with Crippen molar-refractivity contribution in [2.75, 3.05) is 0 Å². The highest BCUT2D eigenvalue weighted by atomic mass is 19.1. The average Bonchev–Trinajstić information content (AvgIpc) is 2.48. The van der Waals surface area contributed by atoms with Crippen LogP contribution in [0.15, 0.2) is 41.3 Å². The highest BCUT2D eigenvalue weighted by molar-refractivity contribution is 5.96. The van der Waals surface area contributed by atoms with Crippen molar-refractivity contribution in [3.8, 4) is 0 Å². The van der Waals surface area contributed by atoms with Crippen LogP contribution in [-0.2, 0) is 11.3 Å². The second kappa shape index (κ2) is 7.16. The van der Waals surface area contributed by atoms with Crippen LogP contribution in [0, 0.1) is 11.6 Å². The first kappa shape index (κ1) is 17.5. The largest absolute Gasteiger partial charge is 0.459 e. The number of nitrogens with zero attached hydrogens (tertiary/aromatic N) is 1. The van der Waals surface area contributed by atoms with E-state index in [-0.39, 0.29) is 17.2 Å². The van der Waals surface area contributed by atoms with E-state index >= 15 is 0 Å². The van der Waals surface area contributed by atoms with Gasteiger partial charge in [-0.1, -0.05) is 0 Å². The van der Waals surface area contributed by atoms with Gasteiger partial charge >= 0.3 is 5.97 Å². The molecule has 0 unspecified atom stereocenters. The Morgan fingerprint density at radius 1 is 1.17 bits per heavy atom. The molecule has 0 aliphatic heterocycles. The Morgan fingerprint density at radius 2 is 1.88 bits per heavy atom. The lowest BCUT2D eigenvalue weighted by Crippen LogP contribution is -2.25. The molecular weight excluding hydrogens is 320 g/mol. The molecule has 2 rings (SSSR count). The van der Waals surface area contributed by atoms with Crippen LogP contribution in [0.25, 0.3) is 0 Å². The first-order valence-corrected chi connectivity index (χ1v) is 7.17. The van der Waals surface area contributed by atoms with Gasteiger partial charge in [0.15, 0.2) is 5.78 Å². The van der Waals surface area contributed by atoms with E-state index in [1.54, 1.807) is 13.8 Å². The molecule has 0 saturated heterocycles. The molecule has 1 heterocycles. The zero-order valence-corrected chi connectivity index (χ0v) is 13.1. The van der Waals surface area contributed by atoms with Crippen LogP contribution >= 0.6 is 0 Å². The van der Waals surface area contributed by atoms with E-state index in [1.807, 2.05) is 0 Å². The topological polar surface area (TPSA) is 65.4 Å². The van der Waals surface area contributed by atoms with Crippen molar-refractivity contribution in [2.45, 2.75) is 26.5 Å². The fourth-order valence-corrected chi connectivity index (χ4v) is 2.00. The predicted octanol–water partition coefficient (Wildman–Crippen LogP) is 2.57. The number of benzene rings is 1. The Hall–Kier alpha value is -2.83. The van der Waals surface area contributed by atoms with Crippen LogP contribution in [0.1, 0.15) is 34.6 Å². The van der Waals surface area contributed by atoms with E-state index in [9.17, 15) is 23.2 Å². The van der Waals surface area contributed by atoms with Crippen molar-refractivity contribution in [1.82, 2.24) is 4.57 Å². The molecule has 0 fully saturated rings. The zero-order valence-electron chi connectivity index (χ0n) is 13.1. The maximum absolute atomic E-state index is 13.6. The van der Waals surface area contributed by atoms with Gasteiger partial charge in [0.25, 0.3) is 5.56 Å². The molecule has 2 aromatic rings. The van der Waals surface area contributed by atoms with Gasteiger partial charge in [0.05, 0.1) is 23.8 Å². The van der Waals surface area contributed by atoms with E-state index < -0.39 is 35.5 Å². The van der Waals surface area contributed by atoms with Crippen LogP contribution in [0.3, 0.4) is 0 Å².